The van der Waals surface area contributed by atoms with Gasteiger partial charge in [0.1, 0.15) is 5.75 Å². The quantitative estimate of drug-likeness (QED) is 0.629. The van der Waals surface area contributed by atoms with Crippen molar-refractivity contribution in [3.8, 4) is 17.0 Å². The molecule has 4 aromatic rings. The molecule has 0 bridgehead atoms. The van der Waals surface area contributed by atoms with Crippen molar-refractivity contribution in [3.63, 3.8) is 0 Å². The molecule has 0 amide bonds. The minimum absolute atomic E-state index is 0.427. The van der Waals surface area contributed by atoms with E-state index in [1.54, 1.807) is 0 Å². The zero-order valence-corrected chi connectivity index (χ0v) is 12.7. The van der Waals surface area contributed by atoms with Crippen molar-refractivity contribution in [2.75, 3.05) is 12.3 Å². The van der Waals surface area contributed by atoms with Crippen LogP contribution in [0.1, 0.15) is 6.92 Å². The van der Waals surface area contributed by atoms with Crippen LogP contribution < -0.4 is 10.5 Å². The number of anilines is 1. The fourth-order valence-corrected chi connectivity index (χ4v) is 2.82. The van der Waals surface area contributed by atoms with Crippen LogP contribution in [0, 0.1) is 0 Å². The molecule has 0 unspecified atom stereocenters. The molecule has 2 heterocycles. The highest BCUT2D eigenvalue weighted by Gasteiger charge is 2.13. The highest BCUT2D eigenvalue weighted by atomic mass is 16.5. The Morgan fingerprint density at radius 3 is 2.87 bits per heavy atom. The summed E-state index contributed by atoms with van der Waals surface area (Å²) in [5.74, 6) is 1.27. The normalized spacial score (nSPS) is 11.2. The molecule has 0 radical (unpaired) electrons. The van der Waals surface area contributed by atoms with Gasteiger partial charge in [0, 0.05) is 5.56 Å². The third kappa shape index (κ3) is 2.17. The molecule has 0 aliphatic rings. The predicted molar refractivity (Wildman–Crippen MR) is 91.5 cm³/mol. The number of fused-ring (bicyclic) bond motifs is 3. The molecule has 2 N–H and O–H groups in total. The summed E-state index contributed by atoms with van der Waals surface area (Å²) in [6.45, 7) is 2.61. The summed E-state index contributed by atoms with van der Waals surface area (Å²) in [4.78, 5) is 8.88. The van der Waals surface area contributed by atoms with E-state index in [-0.39, 0.29) is 0 Å². The fraction of sp³-hybridized carbons (Fsp3) is 0.111. The molecule has 5 heteroatoms. The van der Waals surface area contributed by atoms with Gasteiger partial charge in [-0.05, 0) is 31.2 Å². The van der Waals surface area contributed by atoms with E-state index >= 15 is 0 Å². The Hall–Kier alpha value is -3.08. The van der Waals surface area contributed by atoms with Crippen molar-refractivity contribution in [2.45, 2.75) is 6.92 Å². The molecule has 0 aliphatic heterocycles. The van der Waals surface area contributed by atoms with E-state index in [2.05, 4.69) is 9.97 Å². The summed E-state index contributed by atoms with van der Waals surface area (Å²) in [6, 6.07) is 15.9. The zero-order chi connectivity index (χ0) is 15.8. The molecule has 5 nitrogen and oxygen atoms in total. The minimum atomic E-state index is 0.427. The van der Waals surface area contributed by atoms with Gasteiger partial charge in [0.25, 0.3) is 0 Å². The molecule has 23 heavy (non-hydrogen) atoms. The summed E-state index contributed by atoms with van der Waals surface area (Å²) in [5.41, 5.74) is 10.6. The number of aromatic nitrogens is 3. The molecule has 0 spiro atoms. The lowest BCUT2D eigenvalue weighted by molar-refractivity contribution is 0.340. The average Bonchev–Trinajstić information content (AvgIpc) is 3.02. The van der Waals surface area contributed by atoms with Crippen LogP contribution in [0.25, 0.3) is 27.9 Å². The number of hydrogen-bond donors (Lipinski definition) is 1. The highest BCUT2D eigenvalue weighted by Crippen LogP contribution is 2.29. The SMILES string of the molecule is CCOc1cccc(-c2cnc3c(N)nc4ccccc4n23)c1. The summed E-state index contributed by atoms with van der Waals surface area (Å²) in [6.07, 6.45) is 1.82. The Morgan fingerprint density at radius 2 is 2.00 bits per heavy atom. The lowest BCUT2D eigenvalue weighted by atomic mass is 10.1. The Kier molecular flexibility index (Phi) is 3.12. The molecule has 0 fully saturated rings. The van der Waals surface area contributed by atoms with Crippen LogP contribution in [-0.2, 0) is 0 Å². The summed E-state index contributed by atoms with van der Waals surface area (Å²) >= 11 is 0. The number of ether oxygens (including phenoxy) is 1. The lowest BCUT2D eigenvalue weighted by Crippen LogP contribution is -2.00. The van der Waals surface area contributed by atoms with Gasteiger partial charge in [-0.25, -0.2) is 9.97 Å². The van der Waals surface area contributed by atoms with Gasteiger partial charge in [0.2, 0.25) is 0 Å². The third-order valence-corrected chi connectivity index (χ3v) is 3.80. The average molecular weight is 304 g/mol. The van der Waals surface area contributed by atoms with Crippen molar-refractivity contribution < 1.29 is 4.74 Å². The van der Waals surface area contributed by atoms with Crippen LogP contribution >= 0.6 is 0 Å². The van der Waals surface area contributed by atoms with Gasteiger partial charge in [-0.15, -0.1) is 0 Å². The fourth-order valence-electron chi connectivity index (χ4n) is 2.82. The largest absolute Gasteiger partial charge is 0.494 e. The Balaban J connectivity index is 2.03. The highest BCUT2D eigenvalue weighted by molar-refractivity contribution is 5.85. The first-order valence-corrected chi connectivity index (χ1v) is 7.53. The van der Waals surface area contributed by atoms with E-state index in [9.17, 15) is 0 Å². The molecule has 2 aromatic heterocycles. The lowest BCUT2D eigenvalue weighted by Gasteiger charge is -2.09. The van der Waals surface area contributed by atoms with Gasteiger partial charge in [0.15, 0.2) is 11.5 Å². The van der Waals surface area contributed by atoms with Crippen molar-refractivity contribution in [1.29, 1.82) is 0 Å². The Morgan fingerprint density at radius 1 is 1.13 bits per heavy atom. The Bertz CT molecular complexity index is 1010. The van der Waals surface area contributed by atoms with Gasteiger partial charge in [-0.2, -0.15) is 0 Å². The molecule has 4 rings (SSSR count). The number of para-hydroxylation sites is 2. The number of nitrogen functional groups attached to an aromatic ring is 1. The molecule has 114 valence electrons. The molecule has 0 saturated heterocycles. The standard InChI is InChI=1S/C18H16N4O/c1-2-23-13-7-5-6-12(10-13)16-11-20-18-17(19)21-14-8-3-4-9-15(14)22(16)18/h3-11H,2H2,1H3,(H2,19,21). The van der Waals surface area contributed by atoms with Crippen molar-refractivity contribution in [1.82, 2.24) is 14.4 Å². The van der Waals surface area contributed by atoms with Gasteiger partial charge in [0.05, 0.1) is 29.5 Å². The number of imidazole rings is 1. The first kappa shape index (κ1) is 13.6. The smallest absolute Gasteiger partial charge is 0.180 e. The summed E-state index contributed by atoms with van der Waals surface area (Å²) in [7, 11) is 0. The molecule has 0 atom stereocenters. The molecular weight excluding hydrogens is 288 g/mol. The number of nitrogens with zero attached hydrogens (tertiary/aromatic N) is 3. The van der Waals surface area contributed by atoms with Gasteiger partial charge >= 0.3 is 0 Å². The number of rotatable bonds is 3. The topological polar surface area (TPSA) is 65.4 Å². The second-order valence-electron chi connectivity index (χ2n) is 5.25. The van der Waals surface area contributed by atoms with E-state index in [4.69, 9.17) is 10.5 Å². The van der Waals surface area contributed by atoms with Crippen molar-refractivity contribution >= 4 is 22.5 Å². The van der Waals surface area contributed by atoms with E-state index in [0.29, 0.717) is 18.1 Å². The maximum Gasteiger partial charge on any atom is 0.180 e. The van der Waals surface area contributed by atoms with Crippen molar-refractivity contribution in [2.24, 2.45) is 0 Å². The first-order chi connectivity index (χ1) is 11.3. The van der Waals surface area contributed by atoms with Crippen LogP contribution in [0.3, 0.4) is 0 Å². The summed E-state index contributed by atoms with van der Waals surface area (Å²) in [5, 5.41) is 0. The van der Waals surface area contributed by atoms with Crippen LogP contribution in [0.15, 0.2) is 54.7 Å². The van der Waals surface area contributed by atoms with E-state index in [1.165, 1.54) is 0 Å². The van der Waals surface area contributed by atoms with Crippen molar-refractivity contribution in [3.05, 3.63) is 54.7 Å². The minimum Gasteiger partial charge on any atom is -0.494 e. The van der Waals surface area contributed by atoms with E-state index < -0.39 is 0 Å². The van der Waals surface area contributed by atoms with E-state index in [0.717, 1.165) is 28.0 Å². The van der Waals surface area contributed by atoms with Crippen LogP contribution in [-0.4, -0.2) is 21.0 Å². The number of nitrogens with two attached hydrogens (primary N) is 1. The maximum atomic E-state index is 6.07. The maximum absolute atomic E-state index is 6.07. The van der Waals surface area contributed by atoms with Gasteiger partial charge < -0.3 is 10.5 Å². The molecular formula is C18H16N4O. The second kappa shape index (κ2) is 5.28. The predicted octanol–water partition coefficient (Wildman–Crippen LogP) is 3.53. The zero-order valence-electron chi connectivity index (χ0n) is 12.7. The van der Waals surface area contributed by atoms with Crippen LogP contribution in [0.2, 0.25) is 0 Å². The Labute approximate surface area is 133 Å². The molecule has 0 saturated carbocycles. The first-order valence-electron chi connectivity index (χ1n) is 7.53. The summed E-state index contributed by atoms with van der Waals surface area (Å²) < 4.78 is 7.65. The third-order valence-electron chi connectivity index (χ3n) is 3.80. The van der Waals surface area contributed by atoms with E-state index in [1.807, 2.05) is 66.1 Å². The number of benzene rings is 2. The van der Waals surface area contributed by atoms with Crippen LogP contribution in [0.5, 0.6) is 5.75 Å². The van der Waals surface area contributed by atoms with Gasteiger partial charge in [-0.3, -0.25) is 4.40 Å². The second-order valence-corrected chi connectivity index (χ2v) is 5.25. The monoisotopic (exact) mass is 304 g/mol. The van der Waals surface area contributed by atoms with Gasteiger partial charge in [-0.1, -0.05) is 24.3 Å². The van der Waals surface area contributed by atoms with Crippen LogP contribution in [0.4, 0.5) is 5.82 Å². The molecule has 0 aliphatic carbocycles. The molecule has 2 aromatic carbocycles. The number of hydrogen-bond acceptors (Lipinski definition) is 4.